The number of carboxylic acids is 1. The number of hydrogen-bond donors (Lipinski definition) is 1. The van der Waals surface area contributed by atoms with Crippen LogP contribution in [-0.2, 0) is 4.79 Å². The Bertz CT molecular complexity index is 34.0. The van der Waals surface area contributed by atoms with E-state index in [1.165, 1.54) is 0 Å². The van der Waals surface area contributed by atoms with Crippen molar-refractivity contribution in [2.24, 2.45) is 0 Å². The molecule has 0 aliphatic carbocycles. The Hall–Kier alpha value is -0.0536. The molecule has 6 nitrogen and oxygen atoms in total. The summed E-state index contributed by atoms with van der Waals surface area (Å²) in [7, 11) is 0. The number of carboxylic acid groups (broad SMARTS) is 1. The number of carbonyl (C=O) groups is 1. The Balaban J connectivity index is -0.00000000450. The first-order valence-electron chi connectivity index (χ1n) is 0.928. The number of aliphatic carboxylic acids is 1. The van der Waals surface area contributed by atoms with Gasteiger partial charge in [-0.3, -0.25) is 4.79 Å². The molecular formula is C2H15GaO6. The van der Waals surface area contributed by atoms with Crippen molar-refractivity contribution in [1.82, 2.24) is 0 Å². The van der Waals surface area contributed by atoms with Gasteiger partial charge < -0.3 is 27.0 Å². The third-order valence-electron chi connectivity index (χ3n) is 0. The molecule has 0 saturated carbocycles. The molecule has 0 aliphatic heterocycles. The average Bonchev–Trinajstić information content (AvgIpc) is 0.811. The molecule has 0 aromatic heterocycles. The summed E-state index contributed by atoms with van der Waals surface area (Å²) in [4.78, 5) is 9.00. The average molecular weight is 205 g/mol. The Morgan fingerprint density at radius 1 is 1.11 bits per heavy atom. The maximum atomic E-state index is 9.00. The monoisotopic (exact) mass is 204 g/mol. The van der Waals surface area contributed by atoms with Crippen LogP contribution in [0.2, 0.25) is 0 Å². The molecule has 0 aromatic rings. The fraction of sp³-hybridized carbons (Fsp3) is 0.500. The van der Waals surface area contributed by atoms with Crippen LogP contribution in [0.3, 0.4) is 0 Å². The third-order valence-corrected chi connectivity index (χ3v) is 0. The van der Waals surface area contributed by atoms with Gasteiger partial charge in [-0.25, -0.2) is 0 Å². The quantitative estimate of drug-likeness (QED) is 0.395. The zero-order valence-corrected chi connectivity index (χ0v) is 4.36. The van der Waals surface area contributed by atoms with Crippen LogP contribution in [0, 0.1) is 0 Å². The van der Waals surface area contributed by atoms with E-state index in [1.807, 2.05) is 0 Å². The topological polar surface area (TPSA) is 163 Å². The molecule has 0 fully saturated rings. The minimum atomic E-state index is -0.833. The summed E-state index contributed by atoms with van der Waals surface area (Å²) >= 11 is 0. The second kappa shape index (κ2) is 44.2. The summed E-state index contributed by atoms with van der Waals surface area (Å²) in [5.41, 5.74) is 0. The molecule has 0 bridgehead atoms. The molecule has 0 saturated heterocycles. The Morgan fingerprint density at radius 2 is 1.11 bits per heavy atom. The van der Waals surface area contributed by atoms with E-state index in [2.05, 4.69) is 0 Å². The molecule has 0 rings (SSSR count). The SMILES string of the molecule is CC(=O)O.O.O.O.O.[GaH3]. The van der Waals surface area contributed by atoms with E-state index in [4.69, 9.17) is 9.90 Å². The van der Waals surface area contributed by atoms with Gasteiger partial charge in [0.2, 0.25) is 0 Å². The summed E-state index contributed by atoms with van der Waals surface area (Å²) in [5, 5.41) is 7.42. The van der Waals surface area contributed by atoms with E-state index in [-0.39, 0.29) is 41.7 Å². The first-order chi connectivity index (χ1) is 1.73. The van der Waals surface area contributed by atoms with Crippen molar-refractivity contribution < 1.29 is 31.8 Å². The van der Waals surface area contributed by atoms with Crippen LogP contribution in [0.5, 0.6) is 0 Å². The van der Waals surface area contributed by atoms with Gasteiger partial charge in [-0.2, -0.15) is 0 Å². The van der Waals surface area contributed by atoms with Crippen LogP contribution >= 0.6 is 0 Å². The van der Waals surface area contributed by atoms with Gasteiger partial charge >= 0.3 is 19.8 Å². The van der Waals surface area contributed by atoms with Crippen LogP contribution in [0.15, 0.2) is 0 Å². The summed E-state index contributed by atoms with van der Waals surface area (Å²) in [6.07, 6.45) is 0. The van der Waals surface area contributed by atoms with Gasteiger partial charge in [0.1, 0.15) is 0 Å². The van der Waals surface area contributed by atoms with Gasteiger partial charge in [-0.15, -0.1) is 0 Å². The standard InChI is InChI=1S/C2H4O2.Ga.4H2O.3H/c1-2(3)4;;;;;;;;/h1H3,(H,3,4);;4*1H2;;;. The van der Waals surface area contributed by atoms with E-state index in [1.54, 1.807) is 0 Å². The first kappa shape index (κ1) is 65.1. The van der Waals surface area contributed by atoms with E-state index >= 15 is 0 Å². The Kier molecular flexibility index (Phi) is 319. The van der Waals surface area contributed by atoms with Crippen molar-refractivity contribution in [2.45, 2.75) is 6.92 Å². The van der Waals surface area contributed by atoms with Crippen LogP contribution in [0.1, 0.15) is 6.92 Å². The molecule has 62 valence electrons. The molecule has 9 heavy (non-hydrogen) atoms. The van der Waals surface area contributed by atoms with E-state index < -0.39 is 5.97 Å². The molecular weight excluding hydrogens is 190 g/mol. The van der Waals surface area contributed by atoms with Gasteiger partial charge in [-0.1, -0.05) is 0 Å². The predicted octanol–water partition coefficient (Wildman–Crippen LogP) is -4.39. The van der Waals surface area contributed by atoms with Crippen molar-refractivity contribution in [3.63, 3.8) is 0 Å². The van der Waals surface area contributed by atoms with E-state index in [0.717, 1.165) is 6.92 Å². The number of rotatable bonds is 0. The second-order valence-electron chi connectivity index (χ2n) is 0.519. The molecule has 0 unspecified atom stereocenters. The van der Waals surface area contributed by atoms with Crippen LogP contribution < -0.4 is 0 Å². The second-order valence-corrected chi connectivity index (χ2v) is 0.519. The maximum absolute atomic E-state index is 9.00. The summed E-state index contributed by atoms with van der Waals surface area (Å²) < 4.78 is 0. The summed E-state index contributed by atoms with van der Waals surface area (Å²) in [6.45, 7) is 1.08. The molecule has 0 heterocycles. The summed E-state index contributed by atoms with van der Waals surface area (Å²) in [5.74, 6) is -0.833. The van der Waals surface area contributed by atoms with Crippen molar-refractivity contribution >= 4 is 25.8 Å². The molecule has 9 N–H and O–H groups in total. The van der Waals surface area contributed by atoms with Crippen LogP contribution in [-0.4, -0.2) is 52.8 Å². The normalized spacial score (nSPS) is 2.78. The molecule has 0 aromatic carbocycles. The minimum absolute atomic E-state index is 0. The Morgan fingerprint density at radius 3 is 1.11 bits per heavy atom. The van der Waals surface area contributed by atoms with Gasteiger partial charge in [0.25, 0.3) is 5.97 Å². The fourth-order valence-electron chi connectivity index (χ4n) is 0. The van der Waals surface area contributed by atoms with Gasteiger partial charge in [0, 0.05) is 6.92 Å². The fourth-order valence-corrected chi connectivity index (χ4v) is 0. The van der Waals surface area contributed by atoms with Crippen molar-refractivity contribution in [3.8, 4) is 0 Å². The zero-order chi connectivity index (χ0) is 3.58. The van der Waals surface area contributed by atoms with Crippen molar-refractivity contribution in [2.75, 3.05) is 0 Å². The predicted molar refractivity (Wildman–Crippen MR) is 37.7 cm³/mol. The van der Waals surface area contributed by atoms with Gasteiger partial charge in [0.15, 0.2) is 0 Å². The van der Waals surface area contributed by atoms with Crippen LogP contribution in [0.4, 0.5) is 0 Å². The third kappa shape index (κ3) is 97700. The first-order valence-corrected chi connectivity index (χ1v) is 0.928. The molecule has 0 aliphatic rings. The van der Waals surface area contributed by atoms with E-state index in [0.29, 0.717) is 0 Å². The molecule has 0 spiro atoms. The molecule has 0 amide bonds. The Labute approximate surface area is 65.2 Å². The van der Waals surface area contributed by atoms with Crippen LogP contribution in [0.25, 0.3) is 0 Å². The zero-order valence-electron chi connectivity index (χ0n) is 4.36. The van der Waals surface area contributed by atoms with Crippen molar-refractivity contribution in [3.05, 3.63) is 0 Å². The molecule has 0 radical (unpaired) electrons. The van der Waals surface area contributed by atoms with Crippen molar-refractivity contribution in [1.29, 1.82) is 0 Å². The van der Waals surface area contributed by atoms with Gasteiger partial charge in [0.05, 0.1) is 0 Å². The van der Waals surface area contributed by atoms with Gasteiger partial charge in [-0.05, 0) is 0 Å². The molecule has 7 heteroatoms. The van der Waals surface area contributed by atoms with E-state index in [9.17, 15) is 0 Å². The molecule has 0 atom stereocenters. The number of hydrogen-bond acceptors (Lipinski definition) is 1. The summed E-state index contributed by atoms with van der Waals surface area (Å²) in [6, 6.07) is 0.